The predicted octanol–water partition coefficient (Wildman–Crippen LogP) is 4.13. The fourth-order valence-corrected chi connectivity index (χ4v) is 3.49. The zero-order valence-electron chi connectivity index (χ0n) is 15.8. The molecule has 6 heteroatoms. The van der Waals surface area contributed by atoms with Gasteiger partial charge in [-0.15, -0.1) is 0 Å². The SMILES string of the molecule is Cc1ccc(CC(=O)N2CCC(c3nc(-c4ccc(F)cc4)no3)CC2)cc1. The third kappa shape index (κ3) is 4.11. The van der Waals surface area contributed by atoms with E-state index in [0.29, 0.717) is 31.2 Å². The van der Waals surface area contributed by atoms with Gasteiger partial charge >= 0.3 is 0 Å². The van der Waals surface area contributed by atoms with Crippen molar-refractivity contribution in [3.63, 3.8) is 0 Å². The first-order valence-corrected chi connectivity index (χ1v) is 9.51. The van der Waals surface area contributed by atoms with Gasteiger partial charge in [-0.1, -0.05) is 35.0 Å². The van der Waals surface area contributed by atoms with E-state index in [-0.39, 0.29) is 17.6 Å². The Morgan fingerprint density at radius 2 is 1.79 bits per heavy atom. The van der Waals surface area contributed by atoms with Crippen molar-refractivity contribution < 1.29 is 13.7 Å². The minimum Gasteiger partial charge on any atom is -0.342 e. The molecule has 1 fully saturated rings. The summed E-state index contributed by atoms with van der Waals surface area (Å²) >= 11 is 0. The highest BCUT2D eigenvalue weighted by atomic mass is 19.1. The van der Waals surface area contributed by atoms with Crippen molar-refractivity contribution in [2.24, 2.45) is 0 Å². The maximum absolute atomic E-state index is 13.1. The Morgan fingerprint density at radius 1 is 1.11 bits per heavy atom. The average molecular weight is 379 g/mol. The predicted molar refractivity (Wildman–Crippen MR) is 103 cm³/mol. The number of carbonyl (C=O) groups excluding carboxylic acids is 1. The maximum atomic E-state index is 13.1. The molecule has 1 aromatic heterocycles. The summed E-state index contributed by atoms with van der Waals surface area (Å²) in [7, 11) is 0. The summed E-state index contributed by atoms with van der Waals surface area (Å²) in [4.78, 5) is 18.9. The number of nitrogens with zero attached hydrogens (tertiary/aromatic N) is 3. The summed E-state index contributed by atoms with van der Waals surface area (Å²) in [6, 6.07) is 14.1. The van der Waals surface area contributed by atoms with Crippen LogP contribution in [-0.4, -0.2) is 34.0 Å². The molecule has 1 aliphatic rings. The van der Waals surface area contributed by atoms with Crippen LogP contribution in [-0.2, 0) is 11.2 Å². The highest BCUT2D eigenvalue weighted by molar-refractivity contribution is 5.78. The average Bonchev–Trinajstić information content (AvgIpc) is 3.20. The summed E-state index contributed by atoms with van der Waals surface area (Å²) in [5.74, 6) is 1.05. The molecule has 4 rings (SSSR count). The maximum Gasteiger partial charge on any atom is 0.230 e. The molecule has 0 N–H and O–H groups in total. The van der Waals surface area contributed by atoms with Gasteiger partial charge in [0.05, 0.1) is 6.42 Å². The second-order valence-corrected chi connectivity index (χ2v) is 7.28. The number of rotatable bonds is 4. The first-order valence-electron chi connectivity index (χ1n) is 9.51. The number of aromatic nitrogens is 2. The van der Waals surface area contributed by atoms with Gasteiger partial charge in [0.25, 0.3) is 0 Å². The van der Waals surface area contributed by atoms with E-state index in [1.165, 1.54) is 17.7 Å². The minimum atomic E-state index is -0.296. The lowest BCUT2D eigenvalue weighted by Gasteiger charge is -2.30. The van der Waals surface area contributed by atoms with Crippen LogP contribution < -0.4 is 0 Å². The number of benzene rings is 2. The first kappa shape index (κ1) is 18.3. The molecule has 2 aromatic carbocycles. The fourth-order valence-electron chi connectivity index (χ4n) is 3.49. The lowest BCUT2D eigenvalue weighted by atomic mass is 9.96. The van der Waals surface area contributed by atoms with Gasteiger partial charge in [0.2, 0.25) is 17.6 Å². The van der Waals surface area contributed by atoms with Crippen LogP contribution in [0.5, 0.6) is 0 Å². The van der Waals surface area contributed by atoms with Gasteiger partial charge in [0, 0.05) is 24.6 Å². The molecule has 0 bridgehead atoms. The van der Waals surface area contributed by atoms with E-state index in [1.54, 1.807) is 12.1 Å². The first-order chi connectivity index (χ1) is 13.6. The van der Waals surface area contributed by atoms with Crippen LogP contribution >= 0.6 is 0 Å². The van der Waals surface area contributed by atoms with Gasteiger partial charge < -0.3 is 9.42 Å². The van der Waals surface area contributed by atoms with Crippen molar-refractivity contribution in [3.05, 3.63) is 71.4 Å². The van der Waals surface area contributed by atoms with Crippen LogP contribution in [0.15, 0.2) is 53.1 Å². The molecule has 5 nitrogen and oxygen atoms in total. The number of aryl methyl sites for hydroxylation is 1. The number of hydrogen-bond acceptors (Lipinski definition) is 4. The summed E-state index contributed by atoms with van der Waals surface area (Å²) in [6.45, 7) is 3.41. The number of halogens is 1. The molecule has 0 atom stereocenters. The molecule has 2 heterocycles. The van der Waals surface area contributed by atoms with Crippen molar-refractivity contribution >= 4 is 5.91 Å². The zero-order chi connectivity index (χ0) is 19.5. The molecular formula is C22H22FN3O2. The van der Waals surface area contributed by atoms with Gasteiger partial charge in [0.15, 0.2) is 0 Å². The van der Waals surface area contributed by atoms with Crippen molar-refractivity contribution in [1.82, 2.24) is 15.0 Å². The molecule has 0 aliphatic carbocycles. The van der Waals surface area contributed by atoms with Gasteiger partial charge in [-0.3, -0.25) is 4.79 Å². The van der Waals surface area contributed by atoms with E-state index in [0.717, 1.165) is 24.0 Å². The molecule has 0 saturated carbocycles. The number of likely N-dealkylation sites (tertiary alicyclic amines) is 1. The largest absolute Gasteiger partial charge is 0.342 e. The van der Waals surface area contributed by atoms with Crippen LogP contribution in [0.2, 0.25) is 0 Å². The number of piperidine rings is 1. The quantitative estimate of drug-likeness (QED) is 0.684. The standard InChI is InChI=1S/C22H22FN3O2/c1-15-2-4-16(5-3-15)14-20(27)26-12-10-18(11-13-26)22-24-21(25-28-22)17-6-8-19(23)9-7-17/h2-9,18H,10-14H2,1H3. The Bertz CT molecular complexity index is 943. The monoisotopic (exact) mass is 379 g/mol. The van der Waals surface area contributed by atoms with Crippen molar-refractivity contribution in [1.29, 1.82) is 0 Å². The molecular weight excluding hydrogens is 357 g/mol. The Labute approximate surface area is 163 Å². The minimum absolute atomic E-state index is 0.144. The van der Waals surface area contributed by atoms with Gasteiger partial charge in [0.1, 0.15) is 5.82 Å². The highest BCUT2D eigenvalue weighted by Gasteiger charge is 2.27. The number of amides is 1. The van der Waals surface area contributed by atoms with E-state index in [2.05, 4.69) is 10.1 Å². The molecule has 0 spiro atoms. The summed E-state index contributed by atoms with van der Waals surface area (Å²) < 4.78 is 18.5. The summed E-state index contributed by atoms with van der Waals surface area (Å²) in [6.07, 6.45) is 2.02. The van der Waals surface area contributed by atoms with E-state index in [9.17, 15) is 9.18 Å². The van der Waals surface area contributed by atoms with E-state index in [1.807, 2.05) is 36.1 Å². The third-order valence-corrected chi connectivity index (χ3v) is 5.22. The van der Waals surface area contributed by atoms with Crippen molar-refractivity contribution in [3.8, 4) is 11.4 Å². The Balaban J connectivity index is 1.34. The smallest absolute Gasteiger partial charge is 0.230 e. The molecule has 144 valence electrons. The normalized spacial score (nSPS) is 15.0. The van der Waals surface area contributed by atoms with Crippen LogP contribution in [0.1, 0.15) is 35.8 Å². The lowest BCUT2D eigenvalue weighted by Crippen LogP contribution is -2.38. The van der Waals surface area contributed by atoms with E-state index in [4.69, 9.17) is 4.52 Å². The molecule has 1 aliphatic heterocycles. The highest BCUT2D eigenvalue weighted by Crippen LogP contribution is 2.29. The molecule has 0 unspecified atom stereocenters. The molecule has 3 aromatic rings. The van der Waals surface area contributed by atoms with E-state index >= 15 is 0 Å². The topological polar surface area (TPSA) is 59.2 Å². The third-order valence-electron chi connectivity index (χ3n) is 5.22. The Morgan fingerprint density at radius 3 is 2.46 bits per heavy atom. The van der Waals surface area contributed by atoms with E-state index < -0.39 is 0 Å². The van der Waals surface area contributed by atoms with Gasteiger partial charge in [-0.05, 0) is 49.6 Å². The fraction of sp³-hybridized carbons (Fsp3) is 0.318. The van der Waals surface area contributed by atoms with Crippen LogP contribution in [0.4, 0.5) is 4.39 Å². The Kier molecular flexibility index (Phi) is 5.19. The number of hydrogen-bond donors (Lipinski definition) is 0. The van der Waals surface area contributed by atoms with Crippen molar-refractivity contribution in [2.75, 3.05) is 13.1 Å². The molecule has 28 heavy (non-hydrogen) atoms. The second kappa shape index (κ2) is 7.92. The summed E-state index contributed by atoms with van der Waals surface area (Å²) in [5, 5.41) is 4.02. The van der Waals surface area contributed by atoms with Crippen LogP contribution in [0, 0.1) is 12.7 Å². The zero-order valence-corrected chi connectivity index (χ0v) is 15.8. The van der Waals surface area contributed by atoms with Gasteiger partial charge in [-0.25, -0.2) is 4.39 Å². The van der Waals surface area contributed by atoms with Crippen molar-refractivity contribution in [2.45, 2.75) is 32.1 Å². The summed E-state index contributed by atoms with van der Waals surface area (Å²) in [5.41, 5.74) is 2.96. The van der Waals surface area contributed by atoms with Crippen LogP contribution in [0.3, 0.4) is 0 Å². The number of carbonyl (C=O) groups is 1. The second-order valence-electron chi connectivity index (χ2n) is 7.28. The Hall–Kier alpha value is -3.02. The van der Waals surface area contributed by atoms with Crippen LogP contribution in [0.25, 0.3) is 11.4 Å². The molecule has 1 saturated heterocycles. The lowest BCUT2D eigenvalue weighted by molar-refractivity contribution is -0.131. The van der Waals surface area contributed by atoms with Gasteiger partial charge in [-0.2, -0.15) is 4.98 Å². The molecule has 1 amide bonds. The molecule has 0 radical (unpaired) electrons.